The number of phenols is 1. The average molecular weight is 581 g/mol. The average Bonchev–Trinajstić information content (AvgIpc) is 2.77. The molecule has 2 N–H and O–H groups in total. The number of hydrazone groups is 1. The van der Waals surface area contributed by atoms with Crippen molar-refractivity contribution < 1.29 is 18.3 Å². The van der Waals surface area contributed by atoms with Gasteiger partial charge in [0.2, 0.25) is 10.0 Å². The van der Waals surface area contributed by atoms with Crippen LogP contribution in [0.25, 0.3) is 0 Å². The molecule has 3 aromatic rings. The van der Waals surface area contributed by atoms with Crippen LogP contribution in [0.15, 0.2) is 91.7 Å². The largest absolute Gasteiger partial charge is 0.507 e. The first kappa shape index (κ1) is 24.1. The number of carbonyl (C=O) groups excluding carboxylic acids is 1. The third kappa shape index (κ3) is 6.49. The summed E-state index contributed by atoms with van der Waals surface area (Å²) in [6, 6.07) is 19.9. The molecule has 32 heavy (non-hydrogen) atoms. The van der Waals surface area contributed by atoms with Crippen LogP contribution in [0.2, 0.25) is 0 Å². The number of aromatic hydroxyl groups is 1. The quantitative estimate of drug-likeness (QED) is 0.307. The first-order valence-corrected chi connectivity index (χ1v) is 12.4. The summed E-state index contributed by atoms with van der Waals surface area (Å²) in [7, 11) is -3.93. The van der Waals surface area contributed by atoms with Crippen molar-refractivity contribution in [3.05, 3.63) is 92.9 Å². The Bertz CT molecular complexity index is 1220. The van der Waals surface area contributed by atoms with Gasteiger partial charge in [0.25, 0.3) is 5.91 Å². The number of hydrogen-bond donors (Lipinski definition) is 2. The van der Waals surface area contributed by atoms with Crippen molar-refractivity contribution in [2.75, 3.05) is 6.54 Å². The lowest BCUT2D eigenvalue weighted by Crippen LogP contribution is -2.39. The third-order valence-electron chi connectivity index (χ3n) is 4.36. The Morgan fingerprint density at radius 1 is 1.00 bits per heavy atom. The lowest BCUT2D eigenvalue weighted by molar-refractivity contribution is -0.121. The van der Waals surface area contributed by atoms with E-state index in [0.29, 0.717) is 5.56 Å². The molecule has 0 spiro atoms. The van der Waals surface area contributed by atoms with Gasteiger partial charge in [0.05, 0.1) is 17.7 Å². The number of halogens is 2. The summed E-state index contributed by atoms with van der Waals surface area (Å²) in [5.41, 5.74) is 3.43. The summed E-state index contributed by atoms with van der Waals surface area (Å²) in [5, 5.41) is 13.7. The molecule has 7 nitrogen and oxygen atoms in total. The fraction of sp³-hybridized carbons (Fsp3) is 0.0909. The molecule has 0 unspecified atom stereocenters. The molecule has 0 heterocycles. The van der Waals surface area contributed by atoms with Crippen LogP contribution in [0.1, 0.15) is 11.1 Å². The molecule has 3 rings (SSSR count). The van der Waals surface area contributed by atoms with Crippen molar-refractivity contribution >= 4 is 54.0 Å². The highest BCUT2D eigenvalue weighted by Gasteiger charge is 2.26. The number of hydrogen-bond acceptors (Lipinski definition) is 5. The maximum absolute atomic E-state index is 13.2. The zero-order valence-corrected chi connectivity index (χ0v) is 20.6. The van der Waals surface area contributed by atoms with E-state index >= 15 is 0 Å². The van der Waals surface area contributed by atoms with Gasteiger partial charge in [0.1, 0.15) is 5.75 Å². The maximum atomic E-state index is 13.2. The SMILES string of the molecule is O=C(CN(Cc1ccc(Br)cc1)S(=O)(=O)c1ccccc1)N/N=C\c1cc(Br)ccc1O. The summed E-state index contributed by atoms with van der Waals surface area (Å²) in [6.45, 7) is -0.427. The number of phenolic OH excluding ortho intramolecular Hbond substituents is 1. The number of rotatable bonds is 8. The third-order valence-corrected chi connectivity index (χ3v) is 7.18. The number of benzene rings is 3. The summed E-state index contributed by atoms with van der Waals surface area (Å²) in [4.78, 5) is 12.6. The molecule has 10 heteroatoms. The minimum atomic E-state index is -3.93. The smallest absolute Gasteiger partial charge is 0.255 e. The number of sulfonamides is 1. The van der Waals surface area contributed by atoms with Gasteiger partial charge < -0.3 is 5.11 Å². The molecule has 0 aliphatic heterocycles. The summed E-state index contributed by atoms with van der Waals surface area (Å²) < 4.78 is 29.0. The van der Waals surface area contributed by atoms with Gasteiger partial charge in [-0.15, -0.1) is 0 Å². The summed E-state index contributed by atoms with van der Waals surface area (Å²) in [6.07, 6.45) is 1.28. The molecule has 3 aromatic carbocycles. The molecule has 0 saturated heterocycles. The summed E-state index contributed by atoms with van der Waals surface area (Å²) in [5.74, 6) is -0.623. The van der Waals surface area contributed by atoms with Gasteiger partial charge in [-0.3, -0.25) is 4.79 Å². The molecule has 0 fully saturated rings. The van der Waals surface area contributed by atoms with Crippen molar-refractivity contribution in [2.45, 2.75) is 11.4 Å². The van der Waals surface area contributed by atoms with E-state index in [1.807, 2.05) is 0 Å². The fourth-order valence-electron chi connectivity index (χ4n) is 2.76. The summed E-state index contributed by atoms with van der Waals surface area (Å²) >= 11 is 6.65. The lowest BCUT2D eigenvalue weighted by atomic mass is 10.2. The molecule has 0 radical (unpaired) electrons. The Kier molecular flexibility index (Phi) is 8.19. The van der Waals surface area contributed by atoms with Crippen LogP contribution in [0.5, 0.6) is 5.75 Å². The number of nitrogens with one attached hydrogen (secondary N) is 1. The highest BCUT2D eigenvalue weighted by atomic mass is 79.9. The lowest BCUT2D eigenvalue weighted by Gasteiger charge is -2.21. The zero-order valence-electron chi connectivity index (χ0n) is 16.7. The first-order valence-electron chi connectivity index (χ1n) is 9.36. The molecule has 0 aromatic heterocycles. The highest BCUT2D eigenvalue weighted by Crippen LogP contribution is 2.21. The Morgan fingerprint density at radius 3 is 2.34 bits per heavy atom. The van der Waals surface area contributed by atoms with Crippen LogP contribution in [0.4, 0.5) is 0 Å². The highest BCUT2D eigenvalue weighted by molar-refractivity contribution is 9.10. The molecular formula is C22H19Br2N3O4S. The van der Waals surface area contributed by atoms with E-state index in [9.17, 15) is 18.3 Å². The van der Waals surface area contributed by atoms with E-state index in [0.717, 1.165) is 18.8 Å². The maximum Gasteiger partial charge on any atom is 0.255 e. The fourth-order valence-corrected chi connectivity index (χ4v) is 4.81. The number of amides is 1. The molecule has 166 valence electrons. The Labute approximate surface area is 203 Å². The molecule has 0 atom stereocenters. The van der Waals surface area contributed by atoms with Gasteiger partial charge in [-0.05, 0) is 48.0 Å². The van der Waals surface area contributed by atoms with E-state index in [4.69, 9.17) is 0 Å². The predicted molar refractivity (Wildman–Crippen MR) is 130 cm³/mol. The van der Waals surface area contributed by atoms with Gasteiger partial charge in [-0.25, -0.2) is 13.8 Å². The number of nitrogens with zero attached hydrogens (tertiary/aromatic N) is 2. The van der Waals surface area contributed by atoms with Crippen molar-refractivity contribution in [3.63, 3.8) is 0 Å². The van der Waals surface area contributed by atoms with Gasteiger partial charge in [-0.1, -0.05) is 62.2 Å². The molecule has 0 aliphatic rings. The second kappa shape index (κ2) is 10.9. The van der Waals surface area contributed by atoms with Gasteiger partial charge >= 0.3 is 0 Å². The standard InChI is InChI=1S/C22H19Br2N3O4S/c23-18-8-6-16(7-9-18)14-27(32(30,31)20-4-2-1-3-5-20)15-22(29)26-25-13-17-12-19(24)10-11-21(17)28/h1-13,28H,14-15H2,(H,26,29)/b25-13-. The zero-order chi connectivity index (χ0) is 23.1. The first-order chi connectivity index (χ1) is 15.3. The van der Waals surface area contributed by atoms with Crippen LogP contribution in [0, 0.1) is 0 Å². The van der Waals surface area contributed by atoms with Gasteiger partial charge in [0.15, 0.2) is 0 Å². The molecule has 0 bridgehead atoms. The van der Waals surface area contributed by atoms with E-state index < -0.39 is 22.5 Å². The van der Waals surface area contributed by atoms with E-state index in [2.05, 4.69) is 42.4 Å². The second-order valence-corrected chi connectivity index (χ2v) is 10.5. The minimum Gasteiger partial charge on any atom is -0.507 e. The molecule has 0 saturated carbocycles. The normalized spacial score (nSPS) is 11.7. The van der Waals surface area contributed by atoms with Crippen molar-refractivity contribution in [1.29, 1.82) is 0 Å². The van der Waals surface area contributed by atoms with Gasteiger partial charge in [-0.2, -0.15) is 9.41 Å². The van der Waals surface area contributed by atoms with Crippen molar-refractivity contribution in [3.8, 4) is 5.75 Å². The van der Waals surface area contributed by atoms with Crippen molar-refractivity contribution in [1.82, 2.24) is 9.73 Å². The van der Waals surface area contributed by atoms with E-state index in [1.54, 1.807) is 54.6 Å². The monoisotopic (exact) mass is 579 g/mol. The van der Waals surface area contributed by atoms with Crippen LogP contribution >= 0.6 is 31.9 Å². The Morgan fingerprint density at radius 2 is 1.66 bits per heavy atom. The van der Waals surface area contributed by atoms with Crippen LogP contribution < -0.4 is 5.43 Å². The molecule has 0 aliphatic carbocycles. The topological polar surface area (TPSA) is 99.1 Å². The Hall–Kier alpha value is -2.53. The number of carbonyl (C=O) groups is 1. The van der Waals surface area contributed by atoms with E-state index in [-0.39, 0.29) is 17.2 Å². The minimum absolute atomic E-state index is 0.00489. The second-order valence-electron chi connectivity index (χ2n) is 6.71. The van der Waals surface area contributed by atoms with Crippen LogP contribution in [-0.4, -0.2) is 36.5 Å². The predicted octanol–water partition coefficient (Wildman–Crippen LogP) is 4.26. The van der Waals surface area contributed by atoms with Crippen LogP contribution in [0.3, 0.4) is 0 Å². The molecule has 1 amide bonds. The van der Waals surface area contributed by atoms with Crippen LogP contribution in [-0.2, 0) is 21.4 Å². The van der Waals surface area contributed by atoms with Crippen molar-refractivity contribution in [2.24, 2.45) is 5.10 Å². The Balaban J connectivity index is 1.78. The van der Waals surface area contributed by atoms with E-state index in [1.165, 1.54) is 24.4 Å². The van der Waals surface area contributed by atoms with Gasteiger partial charge in [0, 0.05) is 21.1 Å². The molecular weight excluding hydrogens is 562 g/mol.